The van der Waals surface area contributed by atoms with Gasteiger partial charge in [-0.05, 0) is 37.2 Å². The van der Waals surface area contributed by atoms with Gasteiger partial charge in [-0.15, -0.1) is 11.3 Å². The maximum Gasteiger partial charge on any atom is 0.341 e. The Labute approximate surface area is 144 Å². The lowest BCUT2D eigenvalue weighted by Gasteiger charge is -2.18. The Balaban J connectivity index is 2.34. The molecular weight excluding hydrogens is 345 g/mol. The zero-order valence-electron chi connectivity index (χ0n) is 12.6. The molecule has 1 aromatic rings. The molecule has 122 valence electrons. The van der Waals surface area contributed by atoms with Crippen LogP contribution in [0.1, 0.15) is 47.5 Å². The van der Waals surface area contributed by atoms with Crippen LogP contribution in [0.3, 0.4) is 0 Å². The number of hydrogen-bond acceptors (Lipinski definition) is 4. The van der Waals surface area contributed by atoms with E-state index in [1.807, 2.05) is 6.92 Å². The fraction of sp³-hybridized carbons (Fsp3) is 0.600. The van der Waals surface area contributed by atoms with Crippen LogP contribution in [-0.2, 0) is 22.4 Å². The fourth-order valence-corrected chi connectivity index (χ4v) is 4.00. The number of amides is 1. The number of fused-ring (bicyclic) bond motifs is 1. The second-order valence-corrected chi connectivity index (χ2v) is 7.68. The molecule has 1 amide bonds. The number of alkyl halides is 2. The van der Waals surface area contributed by atoms with Crippen molar-refractivity contribution in [3.8, 4) is 0 Å². The summed E-state index contributed by atoms with van der Waals surface area (Å²) >= 11 is 12.6. The summed E-state index contributed by atoms with van der Waals surface area (Å²) in [6.07, 6.45) is 3.51. The third-order valence-corrected chi connectivity index (χ3v) is 5.15. The third kappa shape index (κ3) is 3.94. The van der Waals surface area contributed by atoms with E-state index >= 15 is 0 Å². The van der Waals surface area contributed by atoms with Crippen LogP contribution in [0.5, 0.6) is 0 Å². The highest BCUT2D eigenvalue weighted by atomic mass is 35.5. The predicted molar refractivity (Wildman–Crippen MR) is 90.2 cm³/mol. The summed E-state index contributed by atoms with van der Waals surface area (Å²) in [4.78, 5) is 24.1. The molecule has 4 nitrogen and oxygen atoms in total. The highest BCUT2D eigenvalue weighted by molar-refractivity contribution is 7.17. The number of nitrogens with one attached hydrogen (secondary N) is 1. The van der Waals surface area contributed by atoms with E-state index in [9.17, 15) is 9.59 Å². The maximum atomic E-state index is 12.4. The second kappa shape index (κ2) is 7.66. The lowest BCUT2D eigenvalue weighted by molar-refractivity contribution is -0.114. The van der Waals surface area contributed by atoms with Crippen molar-refractivity contribution in [2.24, 2.45) is 5.92 Å². The Morgan fingerprint density at radius 3 is 2.82 bits per heavy atom. The Hall–Kier alpha value is -0.780. The van der Waals surface area contributed by atoms with Crippen molar-refractivity contribution < 1.29 is 14.3 Å². The van der Waals surface area contributed by atoms with E-state index in [-0.39, 0.29) is 5.97 Å². The summed E-state index contributed by atoms with van der Waals surface area (Å²) in [5.74, 6) is -0.340. The van der Waals surface area contributed by atoms with E-state index in [0.29, 0.717) is 23.1 Å². The normalized spacial score (nSPS) is 17.2. The van der Waals surface area contributed by atoms with Crippen molar-refractivity contribution >= 4 is 51.4 Å². The van der Waals surface area contributed by atoms with Gasteiger partial charge in [-0.3, -0.25) is 4.79 Å². The average Bonchev–Trinajstić information content (AvgIpc) is 2.81. The molecule has 22 heavy (non-hydrogen) atoms. The number of rotatable bonds is 5. The highest BCUT2D eigenvalue weighted by Gasteiger charge is 2.29. The van der Waals surface area contributed by atoms with Crippen molar-refractivity contribution in [1.82, 2.24) is 0 Å². The second-order valence-electron chi connectivity index (χ2n) is 5.48. The Morgan fingerprint density at radius 2 is 2.18 bits per heavy atom. The number of thiophene rings is 1. The Kier molecular flexibility index (Phi) is 6.12. The summed E-state index contributed by atoms with van der Waals surface area (Å²) in [5, 5.41) is 3.15. The van der Waals surface area contributed by atoms with Crippen LogP contribution in [-0.4, -0.2) is 23.3 Å². The van der Waals surface area contributed by atoms with Gasteiger partial charge < -0.3 is 10.1 Å². The van der Waals surface area contributed by atoms with E-state index in [0.717, 1.165) is 36.1 Å². The van der Waals surface area contributed by atoms with Crippen LogP contribution in [0.15, 0.2) is 0 Å². The van der Waals surface area contributed by atoms with Crippen molar-refractivity contribution in [3.05, 3.63) is 16.0 Å². The van der Waals surface area contributed by atoms with Gasteiger partial charge >= 0.3 is 5.97 Å². The Bertz CT molecular complexity index is 571. The maximum absolute atomic E-state index is 12.4. The van der Waals surface area contributed by atoms with Crippen LogP contribution >= 0.6 is 34.5 Å². The fourth-order valence-electron chi connectivity index (χ4n) is 2.49. The molecule has 0 aliphatic heterocycles. The lowest BCUT2D eigenvalue weighted by Crippen LogP contribution is -2.20. The molecule has 1 N–H and O–H groups in total. The standard InChI is InChI=1S/C15H19Cl2NO3S/c1-3-6-21-15(20)11-9-5-4-8(2)7-10(9)22-14(11)18-13(19)12(16)17/h8,12H,3-7H2,1-2H3,(H,18,19). The minimum Gasteiger partial charge on any atom is -0.462 e. The molecule has 1 aliphatic carbocycles. The molecule has 0 bridgehead atoms. The van der Waals surface area contributed by atoms with Crippen LogP contribution < -0.4 is 5.32 Å². The van der Waals surface area contributed by atoms with E-state index in [2.05, 4.69) is 12.2 Å². The lowest BCUT2D eigenvalue weighted by atomic mass is 9.88. The molecule has 0 aromatic carbocycles. The van der Waals surface area contributed by atoms with E-state index in [4.69, 9.17) is 27.9 Å². The number of halogens is 2. The summed E-state index contributed by atoms with van der Waals surface area (Å²) in [6, 6.07) is 0. The molecule has 0 saturated heterocycles. The van der Waals surface area contributed by atoms with Gasteiger partial charge in [-0.1, -0.05) is 37.0 Å². The molecule has 1 heterocycles. The molecule has 1 unspecified atom stereocenters. The van der Waals surface area contributed by atoms with Crippen molar-refractivity contribution in [1.29, 1.82) is 0 Å². The molecule has 0 radical (unpaired) electrons. The smallest absolute Gasteiger partial charge is 0.341 e. The first-order chi connectivity index (χ1) is 10.4. The van der Waals surface area contributed by atoms with Crippen molar-refractivity contribution in [3.63, 3.8) is 0 Å². The summed E-state index contributed by atoms with van der Waals surface area (Å²) in [5.41, 5.74) is 1.47. The molecule has 7 heteroatoms. The van der Waals surface area contributed by atoms with Gasteiger partial charge in [0.25, 0.3) is 5.91 Å². The number of anilines is 1. The number of carbonyl (C=O) groups excluding carboxylic acids is 2. The first-order valence-corrected chi connectivity index (χ1v) is 9.03. The first kappa shape index (κ1) is 17.6. The third-order valence-electron chi connectivity index (χ3n) is 3.59. The van der Waals surface area contributed by atoms with Gasteiger partial charge in [0.2, 0.25) is 0 Å². The summed E-state index contributed by atoms with van der Waals surface area (Å²) in [6.45, 7) is 4.48. The quantitative estimate of drug-likeness (QED) is 0.630. The van der Waals surface area contributed by atoms with Crippen LogP contribution in [0.4, 0.5) is 5.00 Å². The summed E-state index contributed by atoms with van der Waals surface area (Å²) in [7, 11) is 0. The van der Waals surface area contributed by atoms with Gasteiger partial charge in [0, 0.05) is 4.88 Å². The number of esters is 1. The SMILES string of the molecule is CCCOC(=O)c1c(NC(=O)C(Cl)Cl)sc2c1CCC(C)C2. The van der Waals surface area contributed by atoms with E-state index in [1.54, 1.807) is 0 Å². The topological polar surface area (TPSA) is 55.4 Å². The molecule has 1 aromatic heterocycles. The molecule has 0 fully saturated rings. The van der Waals surface area contributed by atoms with Gasteiger partial charge in [0.1, 0.15) is 5.00 Å². The minimum atomic E-state index is -1.17. The van der Waals surface area contributed by atoms with Gasteiger partial charge in [0.05, 0.1) is 12.2 Å². The molecule has 0 spiro atoms. The molecule has 1 atom stereocenters. The monoisotopic (exact) mass is 363 g/mol. The van der Waals surface area contributed by atoms with Crippen molar-refractivity contribution in [2.75, 3.05) is 11.9 Å². The molecule has 1 aliphatic rings. The predicted octanol–water partition coefficient (Wildman–Crippen LogP) is 4.18. The Morgan fingerprint density at radius 1 is 1.45 bits per heavy atom. The first-order valence-electron chi connectivity index (χ1n) is 7.34. The molecule has 0 saturated carbocycles. The van der Waals surface area contributed by atoms with E-state index in [1.165, 1.54) is 11.3 Å². The number of hydrogen-bond donors (Lipinski definition) is 1. The molecular formula is C15H19Cl2NO3S. The van der Waals surface area contributed by atoms with Crippen LogP contribution in [0.2, 0.25) is 0 Å². The highest BCUT2D eigenvalue weighted by Crippen LogP contribution is 2.40. The zero-order valence-corrected chi connectivity index (χ0v) is 14.9. The van der Waals surface area contributed by atoms with Crippen LogP contribution in [0, 0.1) is 5.92 Å². The zero-order chi connectivity index (χ0) is 16.3. The summed E-state index contributed by atoms with van der Waals surface area (Å²) < 4.78 is 5.26. The van der Waals surface area contributed by atoms with Gasteiger partial charge in [-0.25, -0.2) is 4.79 Å². The minimum absolute atomic E-state index is 0.362. The number of ether oxygens (including phenoxy) is 1. The van der Waals surface area contributed by atoms with Gasteiger partial charge in [-0.2, -0.15) is 0 Å². The molecule has 2 rings (SSSR count). The largest absolute Gasteiger partial charge is 0.462 e. The van der Waals surface area contributed by atoms with Crippen molar-refractivity contribution in [2.45, 2.75) is 44.4 Å². The average molecular weight is 364 g/mol. The van der Waals surface area contributed by atoms with Gasteiger partial charge in [0.15, 0.2) is 4.84 Å². The number of carbonyl (C=O) groups is 2. The van der Waals surface area contributed by atoms with Crippen LogP contribution in [0.25, 0.3) is 0 Å². The van der Waals surface area contributed by atoms with E-state index < -0.39 is 10.7 Å².